The van der Waals surface area contributed by atoms with E-state index in [2.05, 4.69) is 31.2 Å². The molecule has 0 radical (unpaired) electrons. The van der Waals surface area contributed by atoms with Gasteiger partial charge in [0.15, 0.2) is 0 Å². The Morgan fingerprint density at radius 2 is 1.82 bits per heavy atom. The summed E-state index contributed by atoms with van der Waals surface area (Å²) in [5.74, 6) is 0. The number of unbranched alkanes of at least 4 members (excludes halogenated alkanes) is 1. The van der Waals surface area contributed by atoms with Crippen molar-refractivity contribution in [3.63, 3.8) is 0 Å². The number of aryl methyl sites for hydroxylation is 1. The monoisotopic (exact) mass is 164 g/mol. The first-order chi connectivity index (χ1) is 5.33. The first kappa shape index (κ1) is 8.53. The van der Waals surface area contributed by atoms with Crippen molar-refractivity contribution in [2.45, 2.75) is 26.2 Å². The molecule has 11 heavy (non-hydrogen) atoms. The predicted molar refractivity (Wildman–Crippen MR) is 54.6 cm³/mol. The molecular weight excluding hydrogens is 148 g/mol. The van der Waals surface area contributed by atoms with Crippen molar-refractivity contribution in [3.8, 4) is 0 Å². The molecule has 1 heteroatoms. The maximum Gasteiger partial charge on any atom is 0.0384 e. The summed E-state index contributed by atoms with van der Waals surface area (Å²) in [6.45, 7) is 2.24. The van der Waals surface area contributed by atoms with Crippen LogP contribution in [0.25, 0.3) is 0 Å². The average Bonchev–Trinajstić information content (AvgIpc) is 2.04. The van der Waals surface area contributed by atoms with Crippen molar-refractivity contribution in [1.29, 1.82) is 0 Å². The van der Waals surface area contributed by atoms with Gasteiger partial charge in [0, 0.05) is 10.2 Å². The third-order valence-electron chi connectivity index (χ3n) is 1.94. The summed E-state index contributed by atoms with van der Waals surface area (Å²) in [7, 11) is 1.18. The van der Waals surface area contributed by atoms with Crippen molar-refractivity contribution < 1.29 is 0 Å². The smallest absolute Gasteiger partial charge is 0.0384 e. The van der Waals surface area contributed by atoms with E-state index in [0.717, 1.165) is 0 Å². The molecule has 0 aliphatic heterocycles. The van der Waals surface area contributed by atoms with Gasteiger partial charge in [-0.3, -0.25) is 0 Å². The molecular formula is C10H16Si. The second kappa shape index (κ2) is 4.34. The Kier molecular flexibility index (Phi) is 3.37. The fourth-order valence-corrected chi connectivity index (χ4v) is 1.47. The van der Waals surface area contributed by atoms with Gasteiger partial charge in [0.1, 0.15) is 0 Å². The Bertz CT molecular complexity index is 201. The molecule has 0 atom stereocenters. The fraction of sp³-hybridized carbons (Fsp3) is 0.400. The molecule has 0 bridgehead atoms. The van der Waals surface area contributed by atoms with Gasteiger partial charge in [-0.1, -0.05) is 42.8 Å². The maximum atomic E-state index is 2.26. The summed E-state index contributed by atoms with van der Waals surface area (Å²) in [6.07, 6.45) is 3.86. The van der Waals surface area contributed by atoms with Crippen LogP contribution in [0.2, 0.25) is 0 Å². The van der Waals surface area contributed by atoms with Crippen LogP contribution in [-0.2, 0) is 6.42 Å². The van der Waals surface area contributed by atoms with Gasteiger partial charge in [0.25, 0.3) is 0 Å². The number of rotatable bonds is 3. The third-order valence-corrected chi connectivity index (χ3v) is 2.61. The topological polar surface area (TPSA) is 0 Å². The van der Waals surface area contributed by atoms with Gasteiger partial charge in [-0.05, 0) is 18.4 Å². The van der Waals surface area contributed by atoms with E-state index in [4.69, 9.17) is 0 Å². The van der Waals surface area contributed by atoms with Crippen molar-refractivity contribution in [2.75, 3.05) is 0 Å². The van der Waals surface area contributed by atoms with Crippen LogP contribution in [0.1, 0.15) is 25.3 Å². The van der Waals surface area contributed by atoms with E-state index in [-0.39, 0.29) is 0 Å². The minimum absolute atomic E-state index is 1.18. The largest absolute Gasteiger partial charge is 0.0707 e. The zero-order chi connectivity index (χ0) is 8.10. The molecule has 60 valence electrons. The lowest BCUT2D eigenvalue weighted by molar-refractivity contribution is 0.795. The molecule has 1 aromatic carbocycles. The summed E-state index contributed by atoms with van der Waals surface area (Å²) in [5.41, 5.74) is 1.49. The number of hydrogen-bond acceptors (Lipinski definition) is 0. The van der Waals surface area contributed by atoms with E-state index in [9.17, 15) is 0 Å². The minimum Gasteiger partial charge on any atom is -0.0707 e. The van der Waals surface area contributed by atoms with E-state index in [0.29, 0.717) is 0 Å². The zero-order valence-electron chi connectivity index (χ0n) is 7.43. The molecule has 0 nitrogen and oxygen atoms in total. The lowest BCUT2D eigenvalue weighted by atomic mass is 10.1. The molecule has 0 spiro atoms. The lowest BCUT2D eigenvalue weighted by Gasteiger charge is -1.99. The SMILES string of the molecule is CCCCc1ccc([SiH3])cc1. The van der Waals surface area contributed by atoms with E-state index >= 15 is 0 Å². The van der Waals surface area contributed by atoms with Crippen LogP contribution in [0.15, 0.2) is 24.3 Å². The van der Waals surface area contributed by atoms with E-state index in [1.54, 1.807) is 0 Å². The molecule has 0 saturated carbocycles. The van der Waals surface area contributed by atoms with Crippen LogP contribution in [-0.4, -0.2) is 10.2 Å². The highest BCUT2D eigenvalue weighted by Crippen LogP contribution is 2.02. The minimum atomic E-state index is 1.18. The van der Waals surface area contributed by atoms with Crippen molar-refractivity contribution in [3.05, 3.63) is 29.8 Å². The van der Waals surface area contributed by atoms with Crippen LogP contribution in [0.4, 0.5) is 0 Å². The summed E-state index contributed by atoms with van der Waals surface area (Å²) in [4.78, 5) is 0. The van der Waals surface area contributed by atoms with E-state index < -0.39 is 0 Å². The van der Waals surface area contributed by atoms with Crippen molar-refractivity contribution in [2.24, 2.45) is 0 Å². The molecule has 0 unspecified atom stereocenters. The second-order valence-electron chi connectivity index (χ2n) is 3.09. The van der Waals surface area contributed by atoms with Gasteiger partial charge < -0.3 is 0 Å². The summed E-state index contributed by atoms with van der Waals surface area (Å²) in [5, 5.41) is 1.49. The molecule has 1 aromatic rings. The van der Waals surface area contributed by atoms with Crippen LogP contribution < -0.4 is 5.19 Å². The lowest BCUT2D eigenvalue weighted by Crippen LogP contribution is -2.00. The molecule has 0 aliphatic rings. The first-order valence-corrected chi connectivity index (χ1v) is 5.38. The second-order valence-corrected chi connectivity index (χ2v) is 4.24. The van der Waals surface area contributed by atoms with Gasteiger partial charge in [0.2, 0.25) is 0 Å². The van der Waals surface area contributed by atoms with Gasteiger partial charge in [-0.25, -0.2) is 0 Å². The number of hydrogen-bond donors (Lipinski definition) is 0. The average molecular weight is 164 g/mol. The van der Waals surface area contributed by atoms with Crippen LogP contribution in [0.3, 0.4) is 0 Å². The van der Waals surface area contributed by atoms with Gasteiger partial charge >= 0.3 is 0 Å². The highest BCUT2D eigenvalue weighted by Gasteiger charge is 1.89. The highest BCUT2D eigenvalue weighted by molar-refractivity contribution is 6.32. The molecule has 0 amide bonds. The van der Waals surface area contributed by atoms with Crippen molar-refractivity contribution >= 4 is 15.4 Å². The highest BCUT2D eigenvalue weighted by atomic mass is 28.1. The molecule has 0 fully saturated rings. The summed E-state index contributed by atoms with van der Waals surface area (Å²) in [6, 6.07) is 9.02. The molecule has 0 N–H and O–H groups in total. The zero-order valence-corrected chi connectivity index (χ0v) is 9.43. The van der Waals surface area contributed by atoms with E-state index in [1.165, 1.54) is 40.3 Å². The molecule has 0 aliphatic carbocycles. The van der Waals surface area contributed by atoms with Crippen LogP contribution in [0.5, 0.6) is 0 Å². The van der Waals surface area contributed by atoms with Crippen LogP contribution >= 0.6 is 0 Å². The summed E-state index contributed by atoms with van der Waals surface area (Å²) >= 11 is 0. The Morgan fingerprint density at radius 1 is 1.18 bits per heavy atom. The standard InChI is InChI=1S/C10H16Si/c1-2-3-4-9-5-7-10(11)8-6-9/h5-8H,2-4H2,1,11H3. The van der Waals surface area contributed by atoms with Gasteiger partial charge in [-0.15, -0.1) is 0 Å². The molecule has 1 rings (SSSR count). The Balaban J connectivity index is 2.52. The van der Waals surface area contributed by atoms with Crippen LogP contribution in [0, 0.1) is 0 Å². The number of benzene rings is 1. The Hall–Kier alpha value is -0.563. The Morgan fingerprint density at radius 3 is 2.36 bits per heavy atom. The Labute approximate surface area is 72.1 Å². The molecule has 0 heterocycles. The van der Waals surface area contributed by atoms with Crippen molar-refractivity contribution in [1.82, 2.24) is 0 Å². The summed E-state index contributed by atoms with van der Waals surface area (Å²) < 4.78 is 0. The normalized spacial score (nSPS) is 10.3. The molecule has 0 saturated heterocycles. The molecule has 0 aromatic heterocycles. The first-order valence-electron chi connectivity index (χ1n) is 4.38. The third kappa shape index (κ3) is 2.89. The van der Waals surface area contributed by atoms with Gasteiger partial charge in [-0.2, -0.15) is 0 Å². The fourth-order valence-electron chi connectivity index (χ4n) is 1.14. The maximum absolute atomic E-state index is 2.26. The quantitative estimate of drug-likeness (QED) is 0.585. The predicted octanol–water partition coefficient (Wildman–Crippen LogP) is 1.02. The van der Waals surface area contributed by atoms with E-state index in [1.807, 2.05) is 0 Å². The van der Waals surface area contributed by atoms with Gasteiger partial charge in [0.05, 0.1) is 0 Å².